The molecule has 1 aliphatic carbocycles. The molecular weight excluding hydrogens is 246 g/mol. The number of fused-ring (bicyclic) bond motifs is 1. The van der Waals surface area contributed by atoms with Gasteiger partial charge in [-0.15, -0.1) is 0 Å². The topological polar surface area (TPSA) is 21.3 Å². The molecule has 0 spiro atoms. The van der Waals surface area contributed by atoms with E-state index in [2.05, 4.69) is 55.6 Å². The van der Waals surface area contributed by atoms with Crippen LogP contribution in [-0.2, 0) is 6.54 Å². The Balaban J connectivity index is 1.95. The van der Waals surface area contributed by atoms with Gasteiger partial charge in [0.1, 0.15) is 5.75 Å². The Kier molecular flexibility index (Phi) is 3.93. The van der Waals surface area contributed by atoms with Gasteiger partial charge in [0, 0.05) is 18.2 Å². The molecule has 2 aromatic carbocycles. The van der Waals surface area contributed by atoms with Crippen molar-refractivity contribution in [2.24, 2.45) is 0 Å². The first-order valence-corrected chi connectivity index (χ1v) is 7.68. The molecule has 1 unspecified atom stereocenters. The Morgan fingerprint density at radius 1 is 1.20 bits per heavy atom. The monoisotopic (exact) mass is 269 g/mol. The first-order valence-electron chi connectivity index (χ1n) is 7.68. The minimum Gasteiger partial charge on any atom is -0.490 e. The number of ether oxygens (including phenoxy) is 1. The van der Waals surface area contributed by atoms with Crippen molar-refractivity contribution in [1.82, 2.24) is 5.32 Å². The maximum Gasteiger partial charge on any atom is 0.124 e. The van der Waals surface area contributed by atoms with Gasteiger partial charge < -0.3 is 10.1 Å². The molecule has 0 saturated heterocycles. The van der Waals surface area contributed by atoms with Crippen LogP contribution in [0.2, 0.25) is 0 Å². The van der Waals surface area contributed by atoms with Gasteiger partial charge >= 0.3 is 0 Å². The van der Waals surface area contributed by atoms with Crippen LogP contribution in [0.25, 0.3) is 10.8 Å². The highest BCUT2D eigenvalue weighted by molar-refractivity contribution is 5.87. The van der Waals surface area contributed by atoms with Crippen molar-refractivity contribution in [3.8, 4) is 5.75 Å². The lowest BCUT2D eigenvalue weighted by atomic mass is 10.0. The smallest absolute Gasteiger partial charge is 0.124 e. The zero-order valence-electron chi connectivity index (χ0n) is 12.4. The van der Waals surface area contributed by atoms with Crippen LogP contribution in [-0.4, -0.2) is 12.1 Å². The maximum absolute atomic E-state index is 6.12. The fraction of sp³-hybridized carbons (Fsp3) is 0.444. The van der Waals surface area contributed by atoms with Crippen molar-refractivity contribution < 1.29 is 4.74 Å². The lowest BCUT2D eigenvalue weighted by molar-refractivity contribution is 0.215. The summed E-state index contributed by atoms with van der Waals surface area (Å²) >= 11 is 0. The number of benzene rings is 2. The van der Waals surface area contributed by atoms with Gasteiger partial charge in [-0.1, -0.05) is 37.3 Å². The molecule has 0 aromatic heterocycles. The fourth-order valence-corrected chi connectivity index (χ4v) is 2.44. The molecule has 2 nitrogen and oxygen atoms in total. The molecule has 1 aliphatic rings. The highest BCUT2D eigenvalue weighted by Crippen LogP contribution is 2.30. The van der Waals surface area contributed by atoms with Crippen LogP contribution in [0.1, 0.15) is 38.7 Å². The van der Waals surface area contributed by atoms with E-state index in [4.69, 9.17) is 4.74 Å². The van der Waals surface area contributed by atoms with Crippen molar-refractivity contribution in [1.29, 1.82) is 0 Å². The Bertz CT molecular complexity index is 589. The fourth-order valence-electron chi connectivity index (χ4n) is 2.44. The molecule has 0 radical (unpaired) electrons. The van der Waals surface area contributed by atoms with Gasteiger partial charge in [-0.05, 0) is 43.0 Å². The van der Waals surface area contributed by atoms with E-state index < -0.39 is 0 Å². The zero-order chi connectivity index (χ0) is 13.9. The average Bonchev–Trinajstić information content (AvgIpc) is 3.30. The van der Waals surface area contributed by atoms with E-state index in [1.54, 1.807) is 0 Å². The van der Waals surface area contributed by atoms with Crippen molar-refractivity contribution >= 4 is 10.8 Å². The summed E-state index contributed by atoms with van der Waals surface area (Å²) in [5, 5.41) is 6.21. The standard InChI is InChI=1S/C18H23NO/c1-3-13(2)20-18-11-8-14-6-4-5-7-16(14)17(18)12-19-15-9-10-15/h4-8,11,13,15,19H,3,9-10,12H2,1-2H3. The van der Waals surface area contributed by atoms with Crippen LogP contribution >= 0.6 is 0 Å². The Morgan fingerprint density at radius 3 is 2.75 bits per heavy atom. The Hall–Kier alpha value is -1.54. The molecule has 106 valence electrons. The molecular formula is C18H23NO. The summed E-state index contributed by atoms with van der Waals surface area (Å²) in [6.07, 6.45) is 3.91. The van der Waals surface area contributed by atoms with Crippen LogP contribution < -0.4 is 10.1 Å². The molecule has 1 saturated carbocycles. The van der Waals surface area contributed by atoms with Gasteiger partial charge in [-0.25, -0.2) is 0 Å². The van der Waals surface area contributed by atoms with E-state index in [0.29, 0.717) is 6.04 Å². The second-order valence-electron chi connectivity index (χ2n) is 5.76. The molecule has 0 bridgehead atoms. The van der Waals surface area contributed by atoms with Crippen LogP contribution in [0.5, 0.6) is 5.75 Å². The van der Waals surface area contributed by atoms with E-state index in [1.165, 1.54) is 29.2 Å². The number of hydrogen-bond donors (Lipinski definition) is 1. The minimum atomic E-state index is 0.260. The second-order valence-corrected chi connectivity index (χ2v) is 5.76. The molecule has 2 aromatic rings. The van der Waals surface area contributed by atoms with E-state index >= 15 is 0 Å². The first kappa shape index (κ1) is 13.4. The third kappa shape index (κ3) is 2.96. The molecule has 1 atom stereocenters. The van der Waals surface area contributed by atoms with E-state index in [1.807, 2.05) is 0 Å². The zero-order valence-corrected chi connectivity index (χ0v) is 12.4. The van der Waals surface area contributed by atoms with Crippen LogP contribution in [0.4, 0.5) is 0 Å². The molecule has 2 heteroatoms. The van der Waals surface area contributed by atoms with Crippen LogP contribution in [0.3, 0.4) is 0 Å². The SMILES string of the molecule is CCC(C)Oc1ccc2ccccc2c1CNC1CC1. The summed E-state index contributed by atoms with van der Waals surface area (Å²) in [6, 6.07) is 13.6. The summed E-state index contributed by atoms with van der Waals surface area (Å²) in [6.45, 7) is 5.19. The maximum atomic E-state index is 6.12. The minimum absolute atomic E-state index is 0.260. The van der Waals surface area contributed by atoms with Gasteiger partial charge in [0.15, 0.2) is 0 Å². The van der Waals surface area contributed by atoms with Crippen molar-refractivity contribution in [3.63, 3.8) is 0 Å². The Morgan fingerprint density at radius 2 is 2.00 bits per heavy atom. The number of hydrogen-bond acceptors (Lipinski definition) is 2. The molecule has 20 heavy (non-hydrogen) atoms. The molecule has 1 fully saturated rings. The van der Waals surface area contributed by atoms with Gasteiger partial charge in [0.25, 0.3) is 0 Å². The summed E-state index contributed by atoms with van der Waals surface area (Å²) in [5.74, 6) is 1.03. The van der Waals surface area contributed by atoms with Gasteiger partial charge in [-0.2, -0.15) is 0 Å². The lowest BCUT2D eigenvalue weighted by Crippen LogP contribution is -2.18. The quantitative estimate of drug-likeness (QED) is 0.845. The summed E-state index contributed by atoms with van der Waals surface area (Å²) in [7, 11) is 0. The van der Waals surface area contributed by atoms with E-state index in [-0.39, 0.29) is 6.10 Å². The van der Waals surface area contributed by atoms with Crippen LogP contribution in [0, 0.1) is 0 Å². The first-order chi connectivity index (χ1) is 9.78. The summed E-state index contributed by atoms with van der Waals surface area (Å²) in [4.78, 5) is 0. The van der Waals surface area contributed by atoms with Crippen molar-refractivity contribution in [2.75, 3.05) is 0 Å². The molecule has 1 N–H and O–H groups in total. The summed E-state index contributed by atoms with van der Waals surface area (Å²) in [5.41, 5.74) is 1.30. The van der Waals surface area contributed by atoms with Gasteiger partial charge in [-0.3, -0.25) is 0 Å². The number of rotatable bonds is 6. The molecule has 0 heterocycles. The highest BCUT2D eigenvalue weighted by Gasteiger charge is 2.21. The summed E-state index contributed by atoms with van der Waals surface area (Å²) < 4.78 is 6.12. The third-order valence-electron chi connectivity index (χ3n) is 4.05. The largest absolute Gasteiger partial charge is 0.490 e. The lowest BCUT2D eigenvalue weighted by Gasteiger charge is -2.18. The van der Waals surface area contributed by atoms with Crippen LogP contribution in [0.15, 0.2) is 36.4 Å². The molecule has 3 rings (SSSR count). The molecule has 0 aliphatic heterocycles. The molecule has 0 amide bonds. The van der Waals surface area contributed by atoms with Gasteiger partial charge in [0.2, 0.25) is 0 Å². The van der Waals surface area contributed by atoms with Crippen molar-refractivity contribution in [3.05, 3.63) is 42.0 Å². The normalized spacial score (nSPS) is 16.3. The van der Waals surface area contributed by atoms with E-state index in [9.17, 15) is 0 Å². The second kappa shape index (κ2) is 5.84. The number of nitrogens with one attached hydrogen (secondary N) is 1. The van der Waals surface area contributed by atoms with Gasteiger partial charge in [0.05, 0.1) is 6.10 Å². The third-order valence-corrected chi connectivity index (χ3v) is 4.05. The van der Waals surface area contributed by atoms with Crippen molar-refractivity contribution in [2.45, 2.75) is 51.8 Å². The predicted octanol–water partition coefficient (Wildman–Crippen LogP) is 4.27. The highest BCUT2D eigenvalue weighted by atomic mass is 16.5. The average molecular weight is 269 g/mol. The van der Waals surface area contributed by atoms with E-state index in [0.717, 1.165) is 18.7 Å². The predicted molar refractivity (Wildman–Crippen MR) is 84.2 cm³/mol. The Labute approximate surface area is 121 Å².